The first-order valence-electron chi connectivity index (χ1n) is 8.71. The summed E-state index contributed by atoms with van der Waals surface area (Å²) in [5.74, 6) is 2.12. The highest BCUT2D eigenvalue weighted by Crippen LogP contribution is 2.61. The van der Waals surface area contributed by atoms with Gasteiger partial charge in [0.1, 0.15) is 11.6 Å². The van der Waals surface area contributed by atoms with Crippen molar-refractivity contribution in [3.05, 3.63) is 11.1 Å². The van der Waals surface area contributed by atoms with Crippen LogP contribution in [0.25, 0.3) is 0 Å². The molecule has 2 heteroatoms. The van der Waals surface area contributed by atoms with E-state index in [1.165, 1.54) is 0 Å². The van der Waals surface area contributed by atoms with E-state index in [2.05, 4.69) is 13.8 Å². The lowest BCUT2D eigenvalue weighted by Gasteiger charge is -2.51. The number of hydrogen-bond donors (Lipinski definition) is 0. The maximum absolute atomic E-state index is 12.3. The van der Waals surface area contributed by atoms with Crippen molar-refractivity contribution >= 4 is 11.6 Å². The zero-order chi connectivity index (χ0) is 14.8. The second kappa shape index (κ2) is 4.30. The summed E-state index contributed by atoms with van der Waals surface area (Å²) in [5.41, 5.74) is 3.47. The van der Waals surface area contributed by atoms with E-state index in [4.69, 9.17) is 0 Å². The molecule has 0 N–H and O–H groups in total. The molecular weight excluding hydrogens is 260 g/mol. The van der Waals surface area contributed by atoms with Crippen LogP contribution in [0.3, 0.4) is 0 Å². The molecule has 4 rings (SSSR count). The summed E-state index contributed by atoms with van der Waals surface area (Å²) in [5, 5.41) is 0. The van der Waals surface area contributed by atoms with Crippen molar-refractivity contribution in [3.63, 3.8) is 0 Å². The summed E-state index contributed by atoms with van der Waals surface area (Å²) >= 11 is 0. The molecule has 0 radical (unpaired) electrons. The Hall–Kier alpha value is -0.920. The van der Waals surface area contributed by atoms with Crippen LogP contribution in [-0.4, -0.2) is 11.6 Å². The van der Waals surface area contributed by atoms with Crippen LogP contribution in [0, 0.1) is 22.7 Å². The van der Waals surface area contributed by atoms with Gasteiger partial charge in [-0.2, -0.15) is 0 Å². The third kappa shape index (κ3) is 1.77. The lowest BCUT2D eigenvalue weighted by atomic mass is 9.53. The zero-order valence-corrected chi connectivity index (χ0v) is 13.3. The van der Waals surface area contributed by atoms with E-state index in [0.29, 0.717) is 23.4 Å². The van der Waals surface area contributed by atoms with Gasteiger partial charge in [-0.05, 0) is 55.8 Å². The van der Waals surface area contributed by atoms with E-state index >= 15 is 0 Å². The molecule has 0 aromatic rings. The zero-order valence-electron chi connectivity index (χ0n) is 13.3. The average molecular weight is 286 g/mol. The summed E-state index contributed by atoms with van der Waals surface area (Å²) in [6, 6.07) is 0. The van der Waals surface area contributed by atoms with E-state index in [-0.39, 0.29) is 10.8 Å². The Kier molecular flexibility index (Phi) is 2.81. The van der Waals surface area contributed by atoms with Crippen molar-refractivity contribution in [1.82, 2.24) is 0 Å². The number of allylic oxidation sites excluding steroid dienone is 2. The number of ketones is 2. The Morgan fingerprint density at radius 2 is 1.52 bits per heavy atom. The van der Waals surface area contributed by atoms with Crippen molar-refractivity contribution in [2.24, 2.45) is 22.7 Å². The number of hydrogen-bond acceptors (Lipinski definition) is 2. The highest BCUT2D eigenvalue weighted by molar-refractivity contribution is 5.88. The molecule has 2 saturated carbocycles. The fourth-order valence-electron chi connectivity index (χ4n) is 6.05. The van der Waals surface area contributed by atoms with Crippen LogP contribution in [-0.2, 0) is 9.59 Å². The van der Waals surface area contributed by atoms with Crippen molar-refractivity contribution in [3.8, 4) is 0 Å². The Balaban J connectivity index is 1.74. The molecule has 2 fully saturated rings. The van der Waals surface area contributed by atoms with E-state index in [9.17, 15) is 9.59 Å². The lowest BCUT2D eigenvalue weighted by molar-refractivity contribution is -0.126. The Bertz CT molecular complexity index is 558. The molecule has 2 nitrogen and oxygen atoms in total. The van der Waals surface area contributed by atoms with Gasteiger partial charge in [0.25, 0.3) is 0 Å². The monoisotopic (exact) mass is 286 g/mol. The molecule has 4 aliphatic rings. The fraction of sp³-hybridized carbons (Fsp3) is 0.789. The van der Waals surface area contributed by atoms with Gasteiger partial charge in [-0.15, -0.1) is 0 Å². The van der Waals surface area contributed by atoms with Gasteiger partial charge in [0.05, 0.1) is 0 Å². The SMILES string of the molecule is C[C@@]12CCC3=C(CC[C@@]4(C)C(=O)CC[C@H]34)[C@@H]1CCC(=O)C2. The first-order valence-corrected chi connectivity index (χ1v) is 8.71. The third-order valence-corrected chi connectivity index (χ3v) is 7.35. The molecule has 114 valence electrons. The molecule has 0 bridgehead atoms. The smallest absolute Gasteiger partial charge is 0.139 e. The molecule has 4 aliphatic carbocycles. The van der Waals surface area contributed by atoms with Gasteiger partial charge < -0.3 is 0 Å². The number of fused-ring (bicyclic) bond motifs is 4. The summed E-state index contributed by atoms with van der Waals surface area (Å²) in [7, 11) is 0. The Morgan fingerprint density at radius 3 is 2.33 bits per heavy atom. The summed E-state index contributed by atoms with van der Waals surface area (Å²) in [6.07, 6.45) is 8.96. The lowest BCUT2D eigenvalue weighted by Crippen LogP contribution is -2.43. The predicted octanol–water partition coefficient (Wildman–Crippen LogP) is 4.23. The largest absolute Gasteiger partial charge is 0.300 e. The minimum Gasteiger partial charge on any atom is -0.300 e. The van der Waals surface area contributed by atoms with Gasteiger partial charge in [0.2, 0.25) is 0 Å². The predicted molar refractivity (Wildman–Crippen MR) is 81.8 cm³/mol. The van der Waals surface area contributed by atoms with Gasteiger partial charge in [0.15, 0.2) is 0 Å². The molecule has 0 spiro atoms. The first kappa shape index (κ1) is 13.7. The molecule has 0 heterocycles. The van der Waals surface area contributed by atoms with Crippen molar-refractivity contribution in [1.29, 1.82) is 0 Å². The molecule has 0 aromatic carbocycles. The second-order valence-electron chi connectivity index (χ2n) is 8.44. The van der Waals surface area contributed by atoms with Gasteiger partial charge in [-0.3, -0.25) is 9.59 Å². The van der Waals surface area contributed by atoms with Crippen LogP contribution in [0.4, 0.5) is 0 Å². The minimum absolute atomic E-state index is 0.0585. The summed E-state index contributed by atoms with van der Waals surface area (Å²) in [6.45, 7) is 4.56. The first-order chi connectivity index (χ1) is 9.94. The van der Waals surface area contributed by atoms with Crippen LogP contribution < -0.4 is 0 Å². The molecule has 0 amide bonds. The number of rotatable bonds is 0. The van der Waals surface area contributed by atoms with Crippen molar-refractivity contribution < 1.29 is 9.59 Å². The molecule has 4 atom stereocenters. The fourth-order valence-corrected chi connectivity index (χ4v) is 6.05. The van der Waals surface area contributed by atoms with E-state index in [1.54, 1.807) is 11.1 Å². The Morgan fingerprint density at radius 1 is 0.857 bits per heavy atom. The third-order valence-electron chi connectivity index (χ3n) is 7.35. The number of Topliss-reactive ketones (excluding diaryl/α,β-unsaturated/α-hetero) is 2. The molecule has 0 saturated heterocycles. The maximum Gasteiger partial charge on any atom is 0.139 e. The van der Waals surface area contributed by atoms with Crippen LogP contribution in [0.5, 0.6) is 0 Å². The van der Waals surface area contributed by atoms with Crippen LogP contribution >= 0.6 is 0 Å². The molecule has 21 heavy (non-hydrogen) atoms. The van der Waals surface area contributed by atoms with Crippen LogP contribution in [0.15, 0.2) is 11.1 Å². The average Bonchev–Trinajstić information content (AvgIpc) is 2.73. The van der Waals surface area contributed by atoms with Crippen LogP contribution in [0.1, 0.15) is 71.6 Å². The summed E-state index contributed by atoms with van der Waals surface area (Å²) < 4.78 is 0. The van der Waals surface area contributed by atoms with Crippen molar-refractivity contribution in [2.45, 2.75) is 71.6 Å². The van der Waals surface area contributed by atoms with Gasteiger partial charge in [-0.1, -0.05) is 25.0 Å². The van der Waals surface area contributed by atoms with E-state index < -0.39 is 0 Å². The topological polar surface area (TPSA) is 34.1 Å². The summed E-state index contributed by atoms with van der Waals surface area (Å²) in [4.78, 5) is 24.2. The van der Waals surface area contributed by atoms with Gasteiger partial charge in [-0.25, -0.2) is 0 Å². The molecule has 0 aliphatic heterocycles. The highest BCUT2D eigenvalue weighted by atomic mass is 16.1. The standard InChI is InChI=1S/C19H26O2/c1-18-9-7-14-13(15(18)4-3-12(20)11-18)8-10-19(2)16(14)5-6-17(19)21/h15-16H,3-11H2,1-2H3/t15-,16+,18-,19+/m0/s1. The normalized spacial score (nSPS) is 46.2. The van der Waals surface area contributed by atoms with E-state index in [1.807, 2.05) is 0 Å². The Labute approximate surface area is 127 Å². The van der Waals surface area contributed by atoms with Crippen molar-refractivity contribution in [2.75, 3.05) is 0 Å². The maximum atomic E-state index is 12.3. The molecule has 0 aromatic heterocycles. The minimum atomic E-state index is -0.0585. The van der Waals surface area contributed by atoms with Gasteiger partial charge >= 0.3 is 0 Å². The highest BCUT2D eigenvalue weighted by Gasteiger charge is 2.54. The number of carbonyl (C=O) groups is 2. The molecular formula is C19H26O2. The van der Waals surface area contributed by atoms with Gasteiger partial charge in [0, 0.05) is 24.7 Å². The van der Waals surface area contributed by atoms with E-state index in [0.717, 1.165) is 57.8 Å². The second-order valence-corrected chi connectivity index (χ2v) is 8.44. The molecule has 0 unspecified atom stereocenters. The van der Waals surface area contributed by atoms with Crippen LogP contribution in [0.2, 0.25) is 0 Å². The number of carbonyl (C=O) groups excluding carboxylic acids is 2. The quantitative estimate of drug-likeness (QED) is 0.624.